The number of ether oxygens (including phenoxy) is 1. The van der Waals surface area contributed by atoms with Gasteiger partial charge >= 0.3 is 0 Å². The maximum absolute atomic E-state index is 5.78. The molecule has 0 amide bonds. The molecule has 2 unspecified atom stereocenters. The molecule has 2 atom stereocenters. The van der Waals surface area contributed by atoms with Crippen molar-refractivity contribution < 1.29 is 4.74 Å². The molecule has 1 N–H and O–H groups in total. The highest BCUT2D eigenvalue weighted by Crippen LogP contribution is 2.23. The van der Waals surface area contributed by atoms with Gasteiger partial charge in [-0.1, -0.05) is 32.0 Å². The van der Waals surface area contributed by atoms with Gasteiger partial charge in [-0.3, -0.25) is 9.89 Å². The summed E-state index contributed by atoms with van der Waals surface area (Å²) < 4.78 is 5.78. The second kappa shape index (κ2) is 7.36. The van der Waals surface area contributed by atoms with Gasteiger partial charge in [0.25, 0.3) is 0 Å². The zero-order chi connectivity index (χ0) is 12.8. The van der Waals surface area contributed by atoms with Crippen LogP contribution in [-0.2, 0) is 4.74 Å². The molecule has 104 valence electrons. The van der Waals surface area contributed by atoms with E-state index < -0.39 is 0 Å². The molecule has 1 saturated heterocycles. The van der Waals surface area contributed by atoms with E-state index in [-0.39, 0.29) is 0 Å². The van der Waals surface area contributed by atoms with E-state index in [2.05, 4.69) is 29.1 Å². The van der Waals surface area contributed by atoms with Crippen LogP contribution in [0.5, 0.6) is 0 Å². The van der Waals surface area contributed by atoms with Crippen molar-refractivity contribution in [2.24, 2.45) is 4.99 Å². The van der Waals surface area contributed by atoms with Crippen LogP contribution in [0, 0.1) is 0 Å². The maximum atomic E-state index is 5.78. The molecule has 2 rings (SSSR count). The van der Waals surface area contributed by atoms with Crippen LogP contribution in [0.25, 0.3) is 0 Å². The van der Waals surface area contributed by atoms with E-state index in [1.807, 2.05) is 11.8 Å². The Labute approximate surface area is 115 Å². The number of morpholine rings is 1. The first kappa shape index (κ1) is 14.2. The molecule has 0 saturated carbocycles. The Morgan fingerprint density at radius 2 is 2.39 bits per heavy atom. The van der Waals surface area contributed by atoms with Gasteiger partial charge in [-0.15, -0.1) is 0 Å². The molecule has 0 aliphatic carbocycles. The van der Waals surface area contributed by atoms with Gasteiger partial charge in [-0.2, -0.15) is 0 Å². The summed E-state index contributed by atoms with van der Waals surface area (Å²) in [5, 5.41) is 5.25. The number of rotatable bonds is 5. The summed E-state index contributed by atoms with van der Waals surface area (Å²) in [6, 6.07) is 0. The largest absolute Gasteiger partial charge is 0.374 e. The Morgan fingerprint density at radius 3 is 3.17 bits per heavy atom. The highest BCUT2D eigenvalue weighted by atomic mass is 32.2. The Kier molecular flexibility index (Phi) is 5.79. The minimum Gasteiger partial charge on any atom is -0.374 e. The fourth-order valence-electron chi connectivity index (χ4n) is 2.38. The summed E-state index contributed by atoms with van der Waals surface area (Å²) in [6.07, 6.45) is 2.83. The molecule has 2 aliphatic rings. The highest BCUT2D eigenvalue weighted by molar-refractivity contribution is 8.14. The lowest BCUT2D eigenvalue weighted by molar-refractivity contribution is -0.0232. The molecule has 2 aliphatic heterocycles. The first-order valence-electron chi connectivity index (χ1n) is 7.10. The Hall–Kier alpha value is -0.260. The lowest BCUT2D eigenvalue weighted by Crippen LogP contribution is -2.47. The number of amidine groups is 1. The van der Waals surface area contributed by atoms with E-state index in [0.29, 0.717) is 11.4 Å². The van der Waals surface area contributed by atoms with E-state index in [0.717, 1.165) is 44.5 Å². The fourth-order valence-corrected chi connectivity index (χ4v) is 3.51. The van der Waals surface area contributed by atoms with Crippen LogP contribution in [0.1, 0.15) is 26.7 Å². The first-order valence-corrected chi connectivity index (χ1v) is 7.98. The van der Waals surface area contributed by atoms with Gasteiger partial charge in [0.2, 0.25) is 0 Å². The van der Waals surface area contributed by atoms with Crippen LogP contribution in [-0.4, -0.2) is 60.8 Å². The fraction of sp³-hybridized carbons (Fsp3) is 0.923. The number of nitrogens with zero attached hydrogens (tertiary/aromatic N) is 2. The summed E-state index contributed by atoms with van der Waals surface area (Å²) in [5.74, 6) is 0. The number of hydrogen-bond donors (Lipinski definition) is 1. The maximum Gasteiger partial charge on any atom is 0.157 e. The number of hydrogen-bond acceptors (Lipinski definition) is 5. The van der Waals surface area contributed by atoms with E-state index in [9.17, 15) is 0 Å². The van der Waals surface area contributed by atoms with Crippen LogP contribution >= 0.6 is 11.8 Å². The number of thioether (sulfide) groups is 1. The standard InChI is InChI=1S/C13H25N3OS/c1-3-5-12-9-15-13(18-12)14-8-11-10-16(4-2)6-7-17-11/h11-12H,3-10H2,1-2H3,(H,14,15). The van der Waals surface area contributed by atoms with Gasteiger partial charge in [-0.05, 0) is 13.0 Å². The van der Waals surface area contributed by atoms with Crippen molar-refractivity contribution in [3.8, 4) is 0 Å². The van der Waals surface area contributed by atoms with Gasteiger partial charge in [0, 0.05) is 24.9 Å². The molecule has 18 heavy (non-hydrogen) atoms. The number of likely N-dealkylation sites (N-methyl/N-ethyl adjacent to an activating group) is 1. The second-order valence-electron chi connectivity index (χ2n) is 4.94. The zero-order valence-corrected chi connectivity index (χ0v) is 12.3. The summed E-state index contributed by atoms with van der Waals surface area (Å²) in [4.78, 5) is 7.00. The number of aliphatic imine (C=N–C) groups is 1. The minimum absolute atomic E-state index is 0.312. The SMILES string of the molecule is CCCC1CN=C(NCC2CN(CC)CCO2)S1. The van der Waals surface area contributed by atoms with E-state index in [1.54, 1.807) is 0 Å². The normalized spacial score (nSPS) is 29.3. The van der Waals surface area contributed by atoms with Crippen LogP contribution in [0.15, 0.2) is 4.99 Å². The average molecular weight is 271 g/mol. The van der Waals surface area contributed by atoms with Gasteiger partial charge < -0.3 is 10.1 Å². The molecule has 4 nitrogen and oxygen atoms in total. The minimum atomic E-state index is 0.312. The summed E-state index contributed by atoms with van der Waals surface area (Å²) in [7, 11) is 0. The zero-order valence-electron chi connectivity index (χ0n) is 11.5. The summed E-state index contributed by atoms with van der Waals surface area (Å²) >= 11 is 1.90. The third-order valence-electron chi connectivity index (χ3n) is 3.48. The molecular weight excluding hydrogens is 246 g/mol. The molecule has 0 aromatic rings. The Bertz CT molecular complexity index is 285. The average Bonchev–Trinajstić information content (AvgIpc) is 2.85. The van der Waals surface area contributed by atoms with Gasteiger partial charge in [0.15, 0.2) is 5.17 Å². The van der Waals surface area contributed by atoms with Crippen LogP contribution < -0.4 is 5.32 Å². The van der Waals surface area contributed by atoms with Crippen LogP contribution in [0.4, 0.5) is 0 Å². The predicted molar refractivity (Wildman–Crippen MR) is 78.4 cm³/mol. The smallest absolute Gasteiger partial charge is 0.157 e. The molecule has 0 aromatic carbocycles. The van der Waals surface area contributed by atoms with Gasteiger partial charge in [0.05, 0.1) is 19.3 Å². The van der Waals surface area contributed by atoms with Crippen molar-refractivity contribution in [3.63, 3.8) is 0 Å². The molecule has 0 aromatic heterocycles. The van der Waals surface area contributed by atoms with Crippen molar-refractivity contribution >= 4 is 16.9 Å². The molecule has 1 fully saturated rings. The van der Waals surface area contributed by atoms with Gasteiger partial charge in [0.1, 0.15) is 0 Å². The lowest BCUT2D eigenvalue weighted by Gasteiger charge is -2.32. The Morgan fingerprint density at radius 1 is 1.50 bits per heavy atom. The van der Waals surface area contributed by atoms with E-state index in [1.165, 1.54) is 12.8 Å². The third kappa shape index (κ3) is 4.14. The molecule has 0 bridgehead atoms. The monoisotopic (exact) mass is 271 g/mol. The first-order chi connectivity index (χ1) is 8.81. The molecule has 2 heterocycles. The van der Waals surface area contributed by atoms with Crippen molar-refractivity contribution in [2.45, 2.75) is 38.0 Å². The highest BCUT2D eigenvalue weighted by Gasteiger charge is 2.22. The van der Waals surface area contributed by atoms with E-state index >= 15 is 0 Å². The van der Waals surface area contributed by atoms with Crippen molar-refractivity contribution in [3.05, 3.63) is 0 Å². The van der Waals surface area contributed by atoms with Crippen molar-refractivity contribution in [1.29, 1.82) is 0 Å². The number of nitrogens with one attached hydrogen (secondary N) is 1. The quantitative estimate of drug-likeness (QED) is 0.823. The van der Waals surface area contributed by atoms with Gasteiger partial charge in [-0.25, -0.2) is 0 Å². The van der Waals surface area contributed by atoms with Crippen molar-refractivity contribution in [2.75, 3.05) is 39.3 Å². The van der Waals surface area contributed by atoms with E-state index in [4.69, 9.17) is 4.74 Å². The summed E-state index contributed by atoms with van der Waals surface area (Å²) in [5.41, 5.74) is 0. The summed E-state index contributed by atoms with van der Waals surface area (Å²) in [6.45, 7) is 10.4. The van der Waals surface area contributed by atoms with Crippen LogP contribution in [0.3, 0.4) is 0 Å². The topological polar surface area (TPSA) is 36.9 Å². The molecular formula is C13H25N3OS. The van der Waals surface area contributed by atoms with Crippen LogP contribution in [0.2, 0.25) is 0 Å². The predicted octanol–water partition coefficient (Wildman–Crippen LogP) is 1.57. The second-order valence-corrected chi connectivity index (χ2v) is 6.23. The molecule has 0 spiro atoms. The lowest BCUT2D eigenvalue weighted by atomic mass is 10.2. The Balaban J connectivity index is 1.66. The molecule has 0 radical (unpaired) electrons. The third-order valence-corrected chi connectivity index (χ3v) is 4.69. The van der Waals surface area contributed by atoms with Crippen molar-refractivity contribution in [1.82, 2.24) is 10.2 Å². The molecule has 5 heteroatoms.